The van der Waals surface area contributed by atoms with E-state index in [9.17, 15) is 9.59 Å². The lowest BCUT2D eigenvalue weighted by atomic mass is 9.82. The van der Waals surface area contributed by atoms with Gasteiger partial charge in [0.15, 0.2) is 0 Å². The highest BCUT2D eigenvalue weighted by molar-refractivity contribution is 7.08. The van der Waals surface area contributed by atoms with E-state index in [-0.39, 0.29) is 23.1 Å². The minimum absolute atomic E-state index is 0.0193. The lowest BCUT2D eigenvalue weighted by molar-refractivity contribution is -0.137. The van der Waals surface area contributed by atoms with Crippen LogP contribution in [0.5, 0.6) is 0 Å². The van der Waals surface area contributed by atoms with Gasteiger partial charge in [-0.2, -0.15) is 11.3 Å². The Balaban J connectivity index is 2.45. The minimum atomic E-state index is -0.482. The number of nitrogens with one attached hydrogen (secondary N) is 1. The molecule has 2 heterocycles. The number of piperazine rings is 1. The van der Waals surface area contributed by atoms with E-state index in [0.717, 1.165) is 5.69 Å². The normalized spacial score (nSPS) is 24.2. The predicted molar refractivity (Wildman–Crippen MR) is 81.8 cm³/mol. The summed E-state index contributed by atoms with van der Waals surface area (Å²) in [6, 6.07) is 0.983. The number of hydrogen-bond acceptors (Lipinski definition) is 3. The second-order valence-corrected chi connectivity index (χ2v) is 7.47. The van der Waals surface area contributed by atoms with Crippen molar-refractivity contribution in [2.75, 3.05) is 4.90 Å². The van der Waals surface area contributed by atoms with Crippen LogP contribution in [0.2, 0.25) is 0 Å². The van der Waals surface area contributed by atoms with Crippen molar-refractivity contribution >= 4 is 28.8 Å². The van der Waals surface area contributed by atoms with Crippen LogP contribution in [0.25, 0.3) is 0 Å². The third-order valence-electron chi connectivity index (χ3n) is 3.60. The van der Waals surface area contributed by atoms with Crippen molar-refractivity contribution in [3.05, 3.63) is 16.8 Å². The molecule has 0 bridgehead atoms. The fourth-order valence-corrected chi connectivity index (χ4v) is 3.18. The van der Waals surface area contributed by atoms with Gasteiger partial charge in [-0.15, -0.1) is 0 Å². The number of anilines is 1. The Bertz CT molecular complexity index is 502. The molecule has 2 atom stereocenters. The third kappa shape index (κ3) is 2.59. The molecule has 110 valence electrons. The SMILES string of the molecule is CC(C)C1C(=O)NC(C(C)(C)C)C(=O)N1c1ccsc1. The van der Waals surface area contributed by atoms with Gasteiger partial charge in [0.2, 0.25) is 5.91 Å². The lowest BCUT2D eigenvalue weighted by Gasteiger charge is -2.44. The number of amides is 2. The number of hydrogen-bond donors (Lipinski definition) is 1. The molecule has 0 aromatic carbocycles. The maximum Gasteiger partial charge on any atom is 0.250 e. The Morgan fingerprint density at radius 2 is 1.95 bits per heavy atom. The van der Waals surface area contributed by atoms with E-state index in [4.69, 9.17) is 0 Å². The molecular formula is C15H22N2O2S. The maximum absolute atomic E-state index is 12.8. The van der Waals surface area contributed by atoms with Gasteiger partial charge in [0.05, 0.1) is 5.69 Å². The summed E-state index contributed by atoms with van der Waals surface area (Å²) < 4.78 is 0. The molecule has 0 aliphatic carbocycles. The predicted octanol–water partition coefficient (Wildman–Crippen LogP) is 2.65. The number of carbonyl (C=O) groups excluding carboxylic acids is 2. The summed E-state index contributed by atoms with van der Waals surface area (Å²) in [6.07, 6.45) is 0. The van der Waals surface area contributed by atoms with Gasteiger partial charge in [0, 0.05) is 5.38 Å². The van der Waals surface area contributed by atoms with Crippen LogP contribution in [0.3, 0.4) is 0 Å². The first-order valence-electron chi connectivity index (χ1n) is 6.89. The zero-order valence-electron chi connectivity index (χ0n) is 12.6. The topological polar surface area (TPSA) is 49.4 Å². The van der Waals surface area contributed by atoms with Crippen molar-refractivity contribution in [1.29, 1.82) is 0 Å². The van der Waals surface area contributed by atoms with Crippen molar-refractivity contribution in [2.45, 2.75) is 46.7 Å². The van der Waals surface area contributed by atoms with E-state index < -0.39 is 12.1 Å². The monoisotopic (exact) mass is 294 g/mol. The largest absolute Gasteiger partial charge is 0.342 e. The maximum atomic E-state index is 12.8. The summed E-state index contributed by atoms with van der Waals surface area (Å²) in [4.78, 5) is 27.0. The van der Waals surface area contributed by atoms with E-state index in [1.165, 1.54) is 11.3 Å². The average Bonchev–Trinajstić information content (AvgIpc) is 2.82. The Hall–Kier alpha value is -1.36. The minimum Gasteiger partial charge on any atom is -0.342 e. The number of rotatable bonds is 2. The van der Waals surface area contributed by atoms with Gasteiger partial charge in [-0.05, 0) is 22.8 Å². The summed E-state index contributed by atoms with van der Waals surface area (Å²) in [6.45, 7) is 9.84. The highest BCUT2D eigenvalue weighted by atomic mass is 32.1. The molecule has 0 radical (unpaired) electrons. The van der Waals surface area contributed by atoms with Crippen molar-refractivity contribution in [3.8, 4) is 0 Å². The molecule has 2 unspecified atom stereocenters. The van der Waals surface area contributed by atoms with Crippen molar-refractivity contribution in [2.24, 2.45) is 11.3 Å². The van der Waals surface area contributed by atoms with Gasteiger partial charge in [0.1, 0.15) is 12.1 Å². The molecule has 1 fully saturated rings. The second-order valence-electron chi connectivity index (χ2n) is 6.69. The quantitative estimate of drug-likeness (QED) is 0.911. The molecular weight excluding hydrogens is 272 g/mol. The molecule has 2 amide bonds. The Labute approximate surface area is 124 Å². The summed E-state index contributed by atoms with van der Waals surface area (Å²) in [5.41, 5.74) is 0.519. The van der Waals surface area contributed by atoms with Crippen LogP contribution in [-0.2, 0) is 9.59 Å². The zero-order chi connectivity index (χ0) is 15.1. The highest BCUT2D eigenvalue weighted by Gasteiger charge is 2.46. The first-order valence-corrected chi connectivity index (χ1v) is 7.83. The fraction of sp³-hybridized carbons (Fsp3) is 0.600. The molecule has 2 rings (SSSR count). The van der Waals surface area contributed by atoms with Gasteiger partial charge in [-0.1, -0.05) is 34.6 Å². The van der Waals surface area contributed by atoms with Crippen LogP contribution in [0.1, 0.15) is 34.6 Å². The molecule has 5 heteroatoms. The van der Waals surface area contributed by atoms with Gasteiger partial charge >= 0.3 is 0 Å². The van der Waals surface area contributed by atoms with Crippen LogP contribution in [0.15, 0.2) is 16.8 Å². The standard InChI is InChI=1S/C15H22N2O2S/c1-9(2)11-13(18)16-12(15(3,4)5)14(19)17(11)10-6-7-20-8-10/h6-9,11-12H,1-5H3,(H,16,18). The van der Waals surface area contributed by atoms with Gasteiger partial charge < -0.3 is 5.32 Å². The second kappa shape index (κ2) is 5.20. The summed E-state index contributed by atoms with van der Waals surface area (Å²) in [5.74, 6) is -0.0142. The molecule has 1 aromatic heterocycles. The zero-order valence-corrected chi connectivity index (χ0v) is 13.5. The molecule has 1 aliphatic heterocycles. The highest BCUT2D eigenvalue weighted by Crippen LogP contribution is 2.31. The van der Waals surface area contributed by atoms with Crippen LogP contribution >= 0.6 is 11.3 Å². The van der Waals surface area contributed by atoms with Crippen LogP contribution in [0.4, 0.5) is 5.69 Å². The van der Waals surface area contributed by atoms with Gasteiger partial charge in [-0.25, -0.2) is 0 Å². The van der Waals surface area contributed by atoms with E-state index in [1.807, 2.05) is 51.4 Å². The van der Waals surface area contributed by atoms with Crippen molar-refractivity contribution in [1.82, 2.24) is 5.32 Å². The van der Waals surface area contributed by atoms with Gasteiger partial charge in [0.25, 0.3) is 5.91 Å². The number of nitrogens with zero attached hydrogens (tertiary/aromatic N) is 1. The molecule has 1 saturated heterocycles. The van der Waals surface area contributed by atoms with E-state index in [0.29, 0.717) is 0 Å². The Kier molecular flexibility index (Phi) is 3.91. The van der Waals surface area contributed by atoms with E-state index >= 15 is 0 Å². The molecule has 1 aliphatic rings. The summed E-state index contributed by atoms with van der Waals surface area (Å²) in [5, 5.41) is 6.75. The van der Waals surface area contributed by atoms with E-state index in [1.54, 1.807) is 4.90 Å². The summed E-state index contributed by atoms with van der Waals surface area (Å²) in [7, 11) is 0. The molecule has 20 heavy (non-hydrogen) atoms. The third-order valence-corrected chi connectivity index (χ3v) is 4.27. The molecule has 0 saturated carbocycles. The molecule has 4 nitrogen and oxygen atoms in total. The molecule has 1 N–H and O–H groups in total. The van der Waals surface area contributed by atoms with Crippen molar-refractivity contribution < 1.29 is 9.59 Å². The smallest absolute Gasteiger partial charge is 0.250 e. The lowest BCUT2D eigenvalue weighted by Crippen LogP contribution is -2.68. The van der Waals surface area contributed by atoms with E-state index in [2.05, 4.69) is 5.32 Å². The Morgan fingerprint density at radius 1 is 1.30 bits per heavy atom. The first kappa shape index (κ1) is 15.0. The molecule has 1 aromatic rings. The molecule has 0 spiro atoms. The van der Waals surface area contributed by atoms with Gasteiger partial charge in [-0.3, -0.25) is 14.5 Å². The average molecular weight is 294 g/mol. The van der Waals surface area contributed by atoms with Crippen LogP contribution in [-0.4, -0.2) is 23.9 Å². The fourth-order valence-electron chi connectivity index (χ4n) is 2.55. The van der Waals surface area contributed by atoms with Crippen LogP contribution in [0, 0.1) is 11.3 Å². The van der Waals surface area contributed by atoms with Crippen LogP contribution < -0.4 is 10.2 Å². The number of carbonyl (C=O) groups is 2. The summed E-state index contributed by atoms with van der Waals surface area (Å²) >= 11 is 1.53. The Morgan fingerprint density at radius 3 is 2.40 bits per heavy atom. The van der Waals surface area contributed by atoms with Crippen molar-refractivity contribution in [3.63, 3.8) is 0 Å². The first-order chi connectivity index (χ1) is 9.23. The number of thiophene rings is 1.